The molecule has 1 unspecified atom stereocenters. The molecule has 0 aromatic rings. The minimum atomic E-state index is -0.759. The van der Waals surface area contributed by atoms with Crippen molar-refractivity contribution in [2.24, 2.45) is 0 Å². The summed E-state index contributed by atoms with van der Waals surface area (Å²) < 4.78 is 0.523. The van der Waals surface area contributed by atoms with Gasteiger partial charge in [0.05, 0.1) is 13.1 Å². The van der Waals surface area contributed by atoms with Crippen LogP contribution < -0.4 is 0 Å². The number of allylic oxidation sites excluding steroid dienone is 2. The third-order valence-corrected chi connectivity index (χ3v) is 4.11. The van der Waals surface area contributed by atoms with Gasteiger partial charge < -0.3 is 14.7 Å². The Bertz CT molecular complexity index is 307. The number of unbranched alkanes of at least 4 members (excludes halogenated alkanes) is 2. The van der Waals surface area contributed by atoms with E-state index in [1.54, 1.807) is 0 Å². The molecule has 0 spiro atoms. The molecule has 0 fully saturated rings. The Hall–Kier alpha value is -0.870. The van der Waals surface area contributed by atoms with Crippen molar-refractivity contribution in [1.29, 1.82) is 0 Å². The largest absolute Gasteiger partial charge is 0.477 e. The number of quaternary nitrogens is 1. The smallest absolute Gasteiger partial charge is 0.359 e. The van der Waals surface area contributed by atoms with Gasteiger partial charge in [-0.15, -0.1) is 0 Å². The van der Waals surface area contributed by atoms with E-state index >= 15 is 0 Å². The fourth-order valence-corrected chi connectivity index (χ4v) is 2.90. The quantitative estimate of drug-likeness (QED) is 0.380. The van der Waals surface area contributed by atoms with Gasteiger partial charge >= 0.3 is 5.97 Å². The molecule has 2 N–H and O–H groups in total. The molecule has 0 saturated heterocycles. The lowest BCUT2D eigenvalue weighted by Gasteiger charge is -2.39. The van der Waals surface area contributed by atoms with Crippen LogP contribution in [-0.4, -0.2) is 52.9 Å². The van der Waals surface area contributed by atoms with Crippen LogP contribution in [0.4, 0.5) is 0 Å². The highest BCUT2D eigenvalue weighted by atomic mass is 16.4. The van der Waals surface area contributed by atoms with Crippen LogP contribution in [0.2, 0.25) is 0 Å². The monoisotopic (exact) mass is 314 g/mol. The molecule has 0 aliphatic rings. The molecule has 22 heavy (non-hydrogen) atoms. The van der Waals surface area contributed by atoms with Crippen molar-refractivity contribution in [2.75, 3.05) is 26.2 Å². The maximum absolute atomic E-state index is 11.3. The van der Waals surface area contributed by atoms with Gasteiger partial charge in [-0.25, -0.2) is 4.79 Å². The molecule has 0 bridgehead atoms. The molecule has 0 amide bonds. The van der Waals surface area contributed by atoms with Crippen LogP contribution in [-0.2, 0) is 4.79 Å². The van der Waals surface area contributed by atoms with Crippen LogP contribution in [0.15, 0.2) is 12.2 Å². The number of carboxylic acids is 1. The molecular formula is C18H36NO3+. The van der Waals surface area contributed by atoms with Crippen molar-refractivity contribution < 1.29 is 19.5 Å². The predicted octanol–water partition coefficient (Wildman–Crippen LogP) is 3.60. The Balaban J connectivity index is 4.75. The van der Waals surface area contributed by atoms with E-state index in [1.165, 1.54) is 0 Å². The average Bonchev–Trinajstić information content (AvgIpc) is 2.47. The summed E-state index contributed by atoms with van der Waals surface area (Å²) in [4.78, 5) is 11.3. The van der Waals surface area contributed by atoms with E-state index in [9.17, 15) is 15.0 Å². The third-order valence-electron chi connectivity index (χ3n) is 4.11. The molecule has 0 aliphatic carbocycles. The normalized spacial score (nSPS) is 13.6. The lowest BCUT2D eigenvalue weighted by Crippen LogP contribution is -2.56. The van der Waals surface area contributed by atoms with Gasteiger partial charge in [0.15, 0.2) is 6.54 Å². The summed E-state index contributed by atoms with van der Waals surface area (Å²) in [5, 5.41) is 19.7. The molecule has 0 rings (SSSR count). The van der Waals surface area contributed by atoms with Gasteiger partial charge in [-0.3, -0.25) is 0 Å². The Morgan fingerprint density at radius 1 is 1.09 bits per heavy atom. The first-order valence-corrected chi connectivity index (χ1v) is 8.89. The first kappa shape index (κ1) is 21.1. The summed E-state index contributed by atoms with van der Waals surface area (Å²) in [5.41, 5.74) is 0. The molecule has 4 heteroatoms. The number of hydrogen-bond acceptors (Lipinski definition) is 2. The lowest BCUT2D eigenvalue weighted by atomic mass is 10.1. The molecule has 1 atom stereocenters. The summed E-state index contributed by atoms with van der Waals surface area (Å²) in [6.07, 6.45) is 10.5. The van der Waals surface area contributed by atoms with Crippen molar-refractivity contribution in [2.45, 2.75) is 71.8 Å². The van der Waals surface area contributed by atoms with E-state index in [2.05, 4.69) is 32.9 Å². The predicted molar refractivity (Wildman–Crippen MR) is 91.9 cm³/mol. The van der Waals surface area contributed by atoms with E-state index in [4.69, 9.17) is 0 Å². The number of hydrogen-bond donors (Lipinski definition) is 2. The molecule has 130 valence electrons. The van der Waals surface area contributed by atoms with Crippen molar-refractivity contribution in [1.82, 2.24) is 0 Å². The van der Waals surface area contributed by atoms with Crippen LogP contribution in [0.1, 0.15) is 65.7 Å². The van der Waals surface area contributed by atoms with Gasteiger partial charge in [-0.2, -0.15) is 0 Å². The summed E-state index contributed by atoms with van der Waals surface area (Å²) in [7, 11) is 0. The number of nitrogens with zero attached hydrogens (tertiary/aromatic N) is 1. The van der Waals surface area contributed by atoms with E-state index < -0.39 is 12.1 Å². The number of aliphatic hydroxyl groups excluding tert-OH is 1. The maximum Gasteiger partial charge on any atom is 0.359 e. The van der Waals surface area contributed by atoms with Gasteiger partial charge in [0.25, 0.3) is 0 Å². The molecule has 0 aliphatic heterocycles. The topological polar surface area (TPSA) is 57.5 Å². The summed E-state index contributed by atoms with van der Waals surface area (Å²) in [5.74, 6) is -0.759. The standard InChI is InChI=1S/C18H35NO3/c1-4-7-10-11-12-17(20)15-19(13-8-5-2,14-9-6-3)16-18(21)22/h7,10,17,20H,4-6,8-9,11-16H2,1-3H3/p+1/b10-7+. The highest BCUT2D eigenvalue weighted by Crippen LogP contribution is 2.16. The zero-order valence-electron chi connectivity index (χ0n) is 14.8. The highest BCUT2D eigenvalue weighted by molar-refractivity contribution is 5.67. The molecule has 0 aromatic heterocycles. The summed E-state index contributed by atoms with van der Waals surface area (Å²) >= 11 is 0. The minimum Gasteiger partial charge on any atom is -0.477 e. The number of aliphatic carboxylic acids is 1. The lowest BCUT2D eigenvalue weighted by molar-refractivity contribution is -0.924. The molecule has 0 aromatic carbocycles. The van der Waals surface area contributed by atoms with Gasteiger partial charge in [0, 0.05) is 0 Å². The number of carbonyl (C=O) groups is 1. The SMILES string of the molecule is CC/C=C/CCC(O)C[N+](CCCC)(CCCC)CC(=O)O. The second-order valence-corrected chi connectivity index (χ2v) is 6.34. The van der Waals surface area contributed by atoms with Crippen LogP contribution in [0, 0.1) is 0 Å². The fourth-order valence-electron chi connectivity index (χ4n) is 2.90. The second kappa shape index (κ2) is 12.7. The summed E-state index contributed by atoms with van der Waals surface area (Å²) in [6.45, 7) is 8.74. The molecule has 0 saturated carbocycles. The third kappa shape index (κ3) is 9.96. The minimum absolute atomic E-state index is 0.127. The van der Waals surface area contributed by atoms with E-state index in [-0.39, 0.29) is 6.54 Å². The Morgan fingerprint density at radius 3 is 2.14 bits per heavy atom. The van der Waals surface area contributed by atoms with Crippen molar-refractivity contribution >= 4 is 5.97 Å². The fraction of sp³-hybridized carbons (Fsp3) is 0.833. The molecule has 0 radical (unpaired) electrons. The first-order chi connectivity index (χ1) is 10.5. The van der Waals surface area contributed by atoms with Gasteiger partial charge in [0.2, 0.25) is 0 Å². The number of rotatable bonds is 14. The summed E-state index contributed by atoms with van der Waals surface area (Å²) in [6, 6.07) is 0. The van der Waals surface area contributed by atoms with Crippen LogP contribution in [0.5, 0.6) is 0 Å². The van der Waals surface area contributed by atoms with Gasteiger partial charge in [0.1, 0.15) is 12.6 Å². The zero-order chi connectivity index (χ0) is 16.8. The van der Waals surface area contributed by atoms with E-state index in [0.717, 1.165) is 51.6 Å². The second-order valence-electron chi connectivity index (χ2n) is 6.34. The maximum atomic E-state index is 11.3. The molecular weight excluding hydrogens is 278 g/mol. The van der Waals surface area contributed by atoms with Crippen molar-refractivity contribution in [3.05, 3.63) is 12.2 Å². The number of carboxylic acid groups (broad SMARTS) is 1. The van der Waals surface area contributed by atoms with Gasteiger partial charge in [-0.1, -0.05) is 45.8 Å². The van der Waals surface area contributed by atoms with Crippen LogP contribution in [0.3, 0.4) is 0 Å². The van der Waals surface area contributed by atoms with E-state index in [0.29, 0.717) is 17.4 Å². The average molecular weight is 314 g/mol. The van der Waals surface area contributed by atoms with Crippen molar-refractivity contribution in [3.8, 4) is 0 Å². The van der Waals surface area contributed by atoms with Gasteiger partial charge in [-0.05, 0) is 32.1 Å². The zero-order valence-corrected chi connectivity index (χ0v) is 14.8. The van der Waals surface area contributed by atoms with Crippen LogP contribution >= 0.6 is 0 Å². The highest BCUT2D eigenvalue weighted by Gasteiger charge is 2.31. The Kier molecular flexibility index (Phi) is 12.2. The number of aliphatic hydroxyl groups is 1. The van der Waals surface area contributed by atoms with Crippen LogP contribution in [0.25, 0.3) is 0 Å². The molecule has 4 nitrogen and oxygen atoms in total. The Labute approximate surface area is 136 Å². The first-order valence-electron chi connectivity index (χ1n) is 8.89. The Morgan fingerprint density at radius 2 is 1.68 bits per heavy atom. The van der Waals surface area contributed by atoms with E-state index in [1.807, 2.05) is 0 Å². The van der Waals surface area contributed by atoms with Crippen molar-refractivity contribution in [3.63, 3.8) is 0 Å². The molecule has 0 heterocycles.